The number of hydrogen-bond acceptors (Lipinski definition) is 7. The Kier molecular flexibility index (Phi) is 7.25. The number of nitrogens with one attached hydrogen (secondary N) is 1. The minimum Gasteiger partial charge on any atom is -0.356 e. The number of rotatable bonds is 7. The maximum Gasteiger partial charge on any atom is 0.266 e. The van der Waals surface area contributed by atoms with Crippen molar-refractivity contribution in [1.82, 2.24) is 34.8 Å². The van der Waals surface area contributed by atoms with Gasteiger partial charge in [-0.25, -0.2) is 23.7 Å². The summed E-state index contributed by atoms with van der Waals surface area (Å²) in [7, 11) is 0. The summed E-state index contributed by atoms with van der Waals surface area (Å²) in [6.07, 6.45) is 3.16. The summed E-state index contributed by atoms with van der Waals surface area (Å²) in [5.74, 6) is 0.840. The van der Waals surface area contributed by atoms with Gasteiger partial charge in [0.25, 0.3) is 5.56 Å². The van der Waals surface area contributed by atoms with Crippen LogP contribution in [-0.4, -0.2) is 55.1 Å². The Morgan fingerprint density at radius 3 is 2.61 bits per heavy atom. The first-order valence-corrected chi connectivity index (χ1v) is 12.6. The van der Waals surface area contributed by atoms with Crippen molar-refractivity contribution in [2.45, 2.75) is 33.2 Å². The average Bonchev–Trinajstić information content (AvgIpc) is 3.28. The molecular formula is C27H29FN8O2. The van der Waals surface area contributed by atoms with Gasteiger partial charge in [0.1, 0.15) is 18.0 Å². The van der Waals surface area contributed by atoms with Crippen LogP contribution in [0.25, 0.3) is 17.1 Å². The predicted molar refractivity (Wildman–Crippen MR) is 140 cm³/mol. The summed E-state index contributed by atoms with van der Waals surface area (Å²) in [6.45, 7) is 5.75. The van der Waals surface area contributed by atoms with E-state index in [1.807, 2.05) is 26.0 Å². The summed E-state index contributed by atoms with van der Waals surface area (Å²) in [4.78, 5) is 36.2. The molecule has 1 atom stereocenters. The molecule has 4 heterocycles. The second-order valence-corrected chi connectivity index (χ2v) is 9.44. The topological polar surface area (TPSA) is 111 Å². The average molecular weight is 517 g/mol. The van der Waals surface area contributed by atoms with E-state index in [0.29, 0.717) is 23.6 Å². The zero-order valence-electron chi connectivity index (χ0n) is 21.3. The van der Waals surface area contributed by atoms with Gasteiger partial charge in [0.15, 0.2) is 5.82 Å². The quantitative estimate of drug-likeness (QED) is 0.402. The maximum absolute atomic E-state index is 13.2. The largest absolute Gasteiger partial charge is 0.356 e. The zero-order chi connectivity index (χ0) is 26.6. The number of halogens is 1. The lowest BCUT2D eigenvalue weighted by atomic mass is 9.97. The summed E-state index contributed by atoms with van der Waals surface area (Å²) in [6, 6.07) is 12.8. The fourth-order valence-corrected chi connectivity index (χ4v) is 4.70. The SMILES string of the molecule is Cc1cc(C)n(-c2cc(N3CCCC(C(=O)NCCn4nc(-c5ccc(F)cc5)ccc4=O)C3)ncn2)n1. The van der Waals surface area contributed by atoms with Crippen molar-refractivity contribution in [3.63, 3.8) is 0 Å². The number of hydrogen-bond donors (Lipinski definition) is 1. The number of carbonyl (C=O) groups is 1. The van der Waals surface area contributed by atoms with E-state index < -0.39 is 0 Å². The Hall–Kier alpha value is -4.41. The van der Waals surface area contributed by atoms with Crippen LogP contribution in [0.1, 0.15) is 24.2 Å². The molecule has 0 saturated carbocycles. The molecule has 1 aromatic carbocycles. The predicted octanol–water partition coefficient (Wildman–Crippen LogP) is 2.67. The van der Waals surface area contributed by atoms with Crippen molar-refractivity contribution < 1.29 is 9.18 Å². The number of carbonyl (C=O) groups excluding carboxylic acids is 1. The Morgan fingerprint density at radius 2 is 1.84 bits per heavy atom. The molecule has 0 bridgehead atoms. The Balaban J connectivity index is 1.20. The molecule has 11 heteroatoms. The highest BCUT2D eigenvalue weighted by molar-refractivity contribution is 5.79. The molecule has 3 aromatic heterocycles. The standard InChI is InChI=1S/C27H29FN8O2/c1-18-14-19(2)36(32-18)25-15-24(30-17-31-25)34-12-3-4-21(16-34)27(38)29-11-13-35-26(37)10-9-23(33-35)20-5-7-22(28)8-6-20/h5-10,14-15,17,21H,3-4,11-13,16H2,1-2H3,(H,29,38). The van der Waals surface area contributed by atoms with Gasteiger partial charge in [-0.15, -0.1) is 0 Å². The third-order valence-corrected chi connectivity index (χ3v) is 6.61. The molecule has 4 aromatic rings. The van der Waals surface area contributed by atoms with Crippen LogP contribution in [0.3, 0.4) is 0 Å². The number of amides is 1. The summed E-state index contributed by atoms with van der Waals surface area (Å²) in [5.41, 5.74) is 2.90. The van der Waals surface area contributed by atoms with Gasteiger partial charge in [0.2, 0.25) is 5.91 Å². The highest BCUT2D eigenvalue weighted by Gasteiger charge is 2.27. The molecule has 0 radical (unpaired) electrons. The maximum atomic E-state index is 13.2. The molecule has 1 aliphatic heterocycles. The van der Waals surface area contributed by atoms with Crippen molar-refractivity contribution in [2.24, 2.45) is 5.92 Å². The molecule has 38 heavy (non-hydrogen) atoms. The van der Waals surface area contributed by atoms with Crippen molar-refractivity contribution in [1.29, 1.82) is 0 Å². The zero-order valence-corrected chi connectivity index (χ0v) is 21.3. The third-order valence-electron chi connectivity index (χ3n) is 6.61. The van der Waals surface area contributed by atoms with Crippen LogP contribution in [0.4, 0.5) is 10.2 Å². The third kappa shape index (κ3) is 5.61. The Bertz CT molecular complexity index is 1500. The van der Waals surface area contributed by atoms with Crippen molar-refractivity contribution >= 4 is 11.7 Å². The molecule has 0 spiro atoms. The molecule has 1 amide bonds. The number of piperidine rings is 1. The molecule has 1 unspecified atom stereocenters. The van der Waals surface area contributed by atoms with E-state index in [1.165, 1.54) is 29.2 Å². The van der Waals surface area contributed by atoms with Gasteiger partial charge in [0, 0.05) is 43.0 Å². The lowest BCUT2D eigenvalue weighted by Gasteiger charge is -2.33. The number of aryl methyl sites for hydroxylation is 2. The van der Waals surface area contributed by atoms with Crippen LogP contribution in [-0.2, 0) is 11.3 Å². The molecule has 10 nitrogen and oxygen atoms in total. The first-order chi connectivity index (χ1) is 18.4. The van der Waals surface area contributed by atoms with Gasteiger partial charge in [0.05, 0.1) is 23.9 Å². The summed E-state index contributed by atoms with van der Waals surface area (Å²) < 4.78 is 16.3. The van der Waals surface area contributed by atoms with E-state index in [1.54, 1.807) is 22.9 Å². The molecule has 0 aliphatic carbocycles. The monoisotopic (exact) mass is 516 g/mol. The molecular weight excluding hydrogens is 487 g/mol. The minimum atomic E-state index is -0.339. The van der Waals surface area contributed by atoms with Gasteiger partial charge < -0.3 is 10.2 Å². The second kappa shape index (κ2) is 10.9. The van der Waals surface area contributed by atoms with E-state index in [-0.39, 0.29) is 36.3 Å². The van der Waals surface area contributed by atoms with Crippen LogP contribution in [0.15, 0.2) is 59.7 Å². The fraction of sp³-hybridized carbons (Fsp3) is 0.333. The lowest BCUT2D eigenvalue weighted by Crippen LogP contribution is -2.44. The fourth-order valence-electron chi connectivity index (χ4n) is 4.70. The smallest absolute Gasteiger partial charge is 0.266 e. The van der Waals surface area contributed by atoms with Crippen LogP contribution >= 0.6 is 0 Å². The van der Waals surface area contributed by atoms with E-state index in [4.69, 9.17) is 0 Å². The van der Waals surface area contributed by atoms with Gasteiger partial charge in [-0.05, 0) is 63.1 Å². The van der Waals surface area contributed by atoms with Gasteiger partial charge in [-0.2, -0.15) is 10.2 Å². The molecule has 1 fully saturated rings. The van der Waals surface area contributed by atoms with E-state index in [9.17, 15) is 14.0 Å². The van der Waals surface area contributed by atoms with Crippen LogP contribution in [0, 0.1) is 25.6 Å². The summed E-state index contributed by atoms with van der Waals surface area (Å²) >= 11 is 0. The number of aromatic nitrogens is 6. The van der Waals surface area contributed by atoms with Crippen molar-refractivity contribution in [2.75, 3.05) is 24.5 Å². The molecule has 196 valence electrons. The second-order valence-electron chi connectivity index (χ2n) is 9.44. The number of benzene rings is 1. The molecule has 1 N–H and O–H groups in total. The summed E-state index contributed by atoms with van der Waals surface area (Å²) in [5, 5.41) is 11.8. The Labute approximate surface area is 219 Å². The minimum absolute atomic E-state index is 0.0646. The number of nitrogens with zero attached hydrogens (tertiary/aromatic N) is 7. The Morgan fingerprint density at radius 1 is 1.05 bits per heavy atom. The first kappa shape index (κ1) is 25.2. The van der Waals surface area contributed by atoms with Gasteiger partial charge in [-0.1, -0.05) is 0 Å². The van der Waals surface area contributed by atoms with Gasteiger partial charge in [-0.3, -0.25) is 9.59 Å². The van der Waals surface area contributed by atoms with Gasteiger partial charge >= 0.3 is 0 Å². The molecule has 1 aliphatic rings. The number of anilines is 1. The van der Waals surface area contributed by atoms with Crippen LogP contribution in [0.2, 0.25) is 0 Å². The van der Waals surface area contributed by atoms with E-state index >= 15 is 0 Å². The van der Waals surface area contributed by atoms with Crippen molar-refractivity contribution in [3.8, 4) is 17.1 Å². The van der Waals surface area contributed by atoms with E-state index in [0.717, 1.165) is 36.6 Å². The van der Waals surface area contributed by atoms with Crippen LogP contribution < -0.4 is 15.8 Å². The van der Waals surface area contributed by atoms with Crippen molar-refractivity contribution in [3.05, 3.63) is 82.4 Å². The highest BCUT2D eigenvalue weighted by Crippen LogP contribution is 2.23. The first-order valence-electron chi connectivity index (χ1n) is 12.6. The van der Waals surface area contributed by atoms with Crippen LogP contribution in [0.5, 0.6) is 0 Å². The lowest BCUT2D eigenvalue weighted by molar-refractivity contribution is -0.125. The molecule has 5 rings (SSSR count). The van der Waals surface area contributed by atoms with E-state index in [2.05, 4.69) is 30.4 Å². The molecule has 1 saturated heterocycles. The highest BCUT2D eigenvalue weighted by atomic mass is 19.1. The normalized spacial score (nSPS) is 15.4.